The van der Waals surface area contributed by atoms with Gasteiger partial charge in [-0.15, -0.1) is 0 Å². The zero-order chi connectivity index (χ0) is 23.8. The number of benzene rings is 4. The lowest BCUT2D eigenvalue weighted by atomic mass is 10.1. The molecule has 0 aliphatic heterocycles. The van der Waals surface area contributed by atoms with Crippen molar-refractivity contribution in [3.8, 4) is 17.6 Å². The molecule has 0 atom stereocenters. The Hall–Kier alpha value is -4.56. The number of carbonyl (C=O) groups excluding carboxylic acids is 1. The van der Waals surface area contributed by atoms with Crippen LogP contribution in [0.25, 0.3) is 16.8 Å². The highest BCUT2D eigenvalue weighted by Gasteiger charge is 2.11. The van der Waals surface area contributed by atoms with E-state index in [1.807, 2.05) is 60.7 Å². The van der Waals surface area contributed by atoms with E-state index in [-0.39, 0.29) is 5.57 Å². The Balaban J connectivity index is 1.47. The van der Waals surface area contributed by atoms with E-state index in [2.05, 4.69) is 23.5 Å². The zero-order valence-corrected chi connectivity index (χ0v) is 18.8. The Morgan fingerprint density at radius 1 is 0.941 bits per heavy atom. The number of hydrogen-bond donors (Lipinski definition) is 1. The van der Waals surface area contributed by atoms with Crippen LogP contribution in [-0.4, -0.2) is 13.0 Å². The van der Waals surface area contributed by atoms with Crippen molar-refractivity contribution in [2.24, 2.45) is 0 Å². The second-order valence-electron chi connectivity index (χ2n) is 7.68. The normalized spacial score (nSPS) is 11.0. The Labute approximate surface area is 198 Å². The molecule has 0 radical (unpaired) electrons. The van der Waals surface area contributed by atoms with Gasteiger partial charge in [-0.1, -0.05) is 78.9 Å². The van der Waals surface area contributed by atoms with Crippen LogP contribution in [-0.2, 0) is 17.9 Å². The van der Waals surface area contributed by atoms with Gasteiger partial charge in [0.05, 0.1) is 7.11 Å². The molecule has 1 amide bonds. The van der Waals surface area contributed by atoms with Crippen LogP contribution < -0.4 is 14.8 Å². The van der Waals surface area contributed by atoms with Gasteiger partial charge in [0.2, 0.25) is 0 Å². The predicted octanol–water partition coefficient (Wildman–Crippen LogP) is 5.65. The molecule has 0 heterocycles. The first-order valence-electron chi connectivity index (χ1n) is 10.9. The summed E-state index contributed by atoms with van der Waals surface area (Å²) in [6.45, 7) is 0.737. The summed E-state index contributed by atoms with van der Waals surface area (Å²) in [7, 11) is 1.56. The summed E-state index contributed by atoms with van der Waals surface area (Å²) < 4.78 is 11.6. The molecule has 0 bridgehead atoms. The maximum absolute atomic E-state index is 12.5. The van der Waals surface area contributed by atoms with Crippen molar-refractivity contribution in [2.45, 2.75) is 13.2 Å². The summed E-state index contributed by atoms with van der Waals surface area (Å²) in [5.41, 5.74) is 2.72. The molecule has 4 aromatic rings. The molecule has 1 N–H and O–H groups in total. The minimum atomic E-state index is -0.429. The fraction of sp³-hybridized carbons (Fsp3) is 0.103. The number of nitrogens with zero attached hydrogens (tertiary/aromatic N) is 1. The maximum atomic E-state index is 12.5. The highest BCUT2D eigenvalue weighted by atomic mass is 16.5. The number of nitrogens with one attached hydrogen (secondary N) is 1. The van der Waals surface area contributed by atoms with Gasteiger partial charge in [-0.25, -0.2) is 0 Å². The third kappa shape index (κ3) is 5.43. The van der Waals surface area contributed by atoms with Crippen LogP contribution in [0.15, 0.2) is 96.6 Å². The maximum Gasteiger partial charge on any atom is 0.262 e. The molecule has 0 spiro atoms. The fourth-order valence-corrected chi connectivity index (χ4v) is 3.66. The van der Waals surface area contributed by atoms with Crippen LogP contribution in [0, 0.1) is 11.3 Å². The Bertz CT molecular complexity index is 1370. The van der Waals surface area contributed by atoms with Gasteiger partial charge in [-0.05, 0) is 45.7 Å². The molecule has 4 aromatic carbocycles. The predicted molar refractivity (Wildman–Crippen MR) is 133 cm³/mol. The van der Waals surface area contributed by atoms with Crippen LogP contribution in [0.5, 0.6) is 11.5 Å². The Morgan fingerprint density at radius 3 is 2.50 bits per heavy atom. The van der Waals surface area contributed by atoms with Crippen molar-refractivity contribution < 1.29 is 14.3 Å². The molecular formula is C29H24N2O3. The van der Waals surface area contributed by atoms with Crippen molar-refractivity contribution in [2.75, 3.05) is 7.11 Å². The van der Waals surface area contributed by atoms with Crippen molar-refractivity contribution in [3.63, 3.8) is 0 Å². The molecule has 0 saturated carbocycles. The lowest BCUT2D eigenvalue weighted by Gasteiger charge is -2.13. The number of carbonyl (C=O) groups is 1. The van der Waals surface area contributed by atoms with Crippen molar-refractivity contribution >= 4 is 22.8 Å². The van der Waals surface area contributed by atoms with Crippen LogP contribution in [0.1, 0.15) is 16.7 Å². The number of ether oxygens (including phenoxy) is 2. The Kier molecular flexibility index (Phi) is 7.22. The first kappa shape index (κ1) is 22.6. The number of fused-ring (bicyclic) bond motifs is 1. The highest BCUT2D eigenvalue weighted by Crippen LogP contribution is 2.30. The molecule has 34 heavy (non-hydrogen) atoms. The number of amides is 1. The molecule has 0 fully saturated rings. The van der Waals surface area contributed by atoms with E-state index in [4.69, 9.17) is 9.47 Å². The van der Waals surface area contributed by atoms with E-state index in [0.29, 0.717) is 30.2 Å². The summed E-state index contributed by atoms with van der Waals surface area (Å²) in [5.74, 6) is 0.678. The lowest BCUT2D eigenvalue weighted by molar-refractivity contribution is -0.117. The summed E-state index contributed by atoms with van der Waals surface area (Å²) in [4.78, 5) is 12.5. The van der Waals surface area contributed by atoms with Crippen LogP contribution in [0.3, 0.4) is 0 Å². The first-order chi connectivity index (χ1) is 16.7. The van der Waals surface area contributed by atoms with Gasteiger partial charge < -0.3 is 14.8 Å². The quantitative estimate of drug-likeness (QED) is 0.279. The second kappa shape index (κ2) is 10.8. The highest BCUT2D eigenvalue weighted by molar-refractivity contribution is 6.01. The van der Waals surface area contributed by atoms with Gasteiger partial charge in [0.25, 0.3) is 5.91 Å². The second-order valence-corrected chi connectivity index (χ2v) is 7.68. The minimum Gasteiger partial charge on any atom is -0.493 e. The third-order valence-electron chi connectivity index (χ3n) is 5.42. The van der Waals surface area contributed by atoms with E-state index in [1.54, 1.807) is 25.3 Å². The van der Waals surface area contributed by atoms with E-state index < -0.39 is 5.91 Å². The largest absolute Gasteiger partial charge is 0.493 e. The number of rotatable bonds is 8. The third-order valence-corrected chi connectivity index (χ3v) is 5.42. The van der Waals surface area contributed by atoms with E-state index in [0.717, 1.165) is 21.9 Å². The SMILES string of the molecule is COc1cc(/C=C(/C#N)C(=O)NCc2ccccc2)ccc1OCc1cccc2ccccc12. The monoisotopic (exact) mass is 448 g/mol. The van der Waals surface area contributed by atoms with Crippen LogP contribution >= 0.6 is 0 Å². The Morgan fingerprint density at radius 2 is 1.71 bits per heavy atom. The van der Waals surface area contributed by atoms with E-state index in [9.17, 15) is 10.1 Å². The molecule has 168 valence electrons. The van der Waals surface area contributed by atoms with Crippen LogP contribution in [0.4, 0.5) is 0 Å². The van der Waals surface area contributed by atoms with Crippen LogP contribution in [0.2, 0.25) is 0 Å². The van der Waals surface area contributed by atoms with Gasteiger partial charge in [-0.3, -0.25) is 4.79 Å². The summed E-state index contributed by atoms with van der Waals surface area (Å²) in [5, 5.41) is 14.6. The zero-order valence-electron chi connectivity index (χ0n) is 18.8. The topological polar surface area (TPSA) is 71.3 Å². The summed E-state index contributed by atoms with van der Waals surface area (Å²) in [6, 6.07) is 31.1. The molecule has 4 rings (SSSR count). The smallest absolute Gasteiger partial charge is 0.262 e. The van der Waals surface area contributed by atoms with E-state index >= 15 is 0 Å². The van der Waals surface area contributed by atoms with Gasteiger partial charge >= 0.3 is 0 Å². The van der Waals surface area contributed by atoms with E-state index in [1.165, 1.54) is 6.08 Å². The molecule has 5 nitrogen and oxygen atoms in total. The molecular weight excluding hydrogens is 424 g/mol. The molecule has 0 aromatic heterocycles. The van der Waals surface area contributed by atoms with Gasteiger partial charge in [-0.2, -0.15) is 5.26 Å². The first-order valence-corrected chi connectivity index (χ1v) is 10.9. The minimum absolute atomic E-state index is 0.0161. The summed E-state index contributed by atoms with van der Waals surface area (Å²) >= 11 is 0. The molecule has 0 aliphatic carbocycles. The molecule has 5 heteroatoms. The average molecular weight is 449 g/mol. The molecule has 0 unspecified atom stereocenters. The summed E-state index contributed by atoms with van der Waals surface area (Å²) in [6.07, 6.45) is 1.54. The lowest BCUT2D eigenvalue weighted by Crippen LogP contribution is -2.23. The number of methoxy groups -OCH3 is 1. The van der Waals surface area contributed by atoms with Crippen molar-refractivity contribution in [3.05, 3.63) is 113 Å². The average Bonchev–Trinajstić information content (AvgIpc) is 2.90. The van der Waals surface area contributed by atoms with Gasteiger partial charge in [0.15, 0.2) is 11.5 Å². The van der Waals surface area contributed by atoms with Gasteiger partial charge in [0.1, 0.15) is 18.2 Å². The molecule has 0 saturated heterocycles. The van der Waals surface area contributed by atoms with Crippen molar-refractivity contribution in [1.82, 2.24) is 5.32 Å². The fourth-order valence-electron chi connectivity index (χ4n) is 3.66. The number of hydrogen-bond acceptors (Lipinski definition) is 4. The van der Waals surface area contributed by atoms with Crippen molar-refractivity contribution in [1.29, 1.82) is 5.26 Å². The standard InChI is InChI=1S/C29H24N2O3/c1-33-28-17-22(16-25(18-30)29(32)31-19-21-8-3-2-4-9-21)14-15-27(28)34-20-24-12-7-11-23-10-5-6-13-26(23)24/h2-17H,19-20H2,1H3,(H,31,32)/b25-16-. The molecule has 0 aliphatic rings. The van der Waals surface area contributed by atoms with Gasteiger partial charge in [0, 0.05) is 6.54 Å². The number of nitriles is 1.